The number of rotatable bonds is 4. The summed E-state index contributed by atoms with van der Waals surface area (Å²) < 4.78 is 8.21. The van der Waals surface area contributed by atoms with Gasteiger partial charge in [0.25, 0.3) is 0 Å². The predicted octanol–water partition coefficient (Wildman–Crippen LogP) is 2.60. The van der Waals surface area contributed by atoms with Gasteiger partial charge in [0.1, 0.15) is 18.7 Å². The molecule has 0 fully saturated rings. The molecule has 1 N–H and O–H groups in total. The Morgan fingerprint density at radius 2 is 2.47 bits per heavy atom. The molecule has 2 rings (SSSR count). The highest BCUT2D eigenvalue weighted by molar-refractivity contribution is 9.10. The molecule has 0 bridgehead atoms. The van der Waals surface area contributed by atoms with Crippen molar-refractivity contribution in [2.24, 2.45) is 5.10 Å². The van der Waals surface area contributed by atoms with E-state index >= 15 is 0 Å². The lowest BCUT2D eigenvalue weighted by molar-refractivity contribution is 0.370. The fraction of sp³-hybridized carbons (Fsp3) is 0.0833. The Morgan fingerprint density at radius 3 is 3.16 bits per heavy atom. The molecule has 0 aliphatic rings. The molecule has 0 amide bonds. The molecular weight excluding hydrogens is 328 g/mol. The summed E-state index contributed by atoms with van der Waals surface area (Å²) in [5.74, 6) is 3.07. The topological polar surface area (TPSA) is 55.2 Å². The first-order valence-corrected chi connectivity index (χ1v) is 6.43. The first-order valence-electron chi connectivity index (χ1n) is 5.23. The van der Waals surface area contributed by atoms with Gasteiger partial charge in [0.2, 0.25) is 4.77 Å². The fourth-order valence-corrected chi connectivity index (χ4v) is 1.85. The van der Waals surface area contributed by atoms with Crippen molar-refractivity contribution in [3.05, 3.63) is 39.3 Å². The highest BCUT2D eigenvalue weighted by atomic mass is 79.9. The Kier molecular flexibility index (Phi) is 4.49. The zero-order valence-electron chi connectivity index (χ0n) is 9.71. The zero-order valence-corrected chi connectivity index (χ0v) is 12.1. The largest absolute Gasteiger partial charge is 0.480 e. The predicted molar refractivity (Wildman–Crippen MR) is 78.9 cm³/mol. The Labute approximate surface area is 123 Å². The minimum absolute atomic E-state index is 0.202. The van der Waals surface area contributed by atoms with Crippen LogP contribution in [0.15, 0.2) is 34.1 Å². The van der Waals surface area contributed by atoms with Crippen LogP contribution in [0.5, 0.6) is 5.75 Å². The minimum Gasteiger partial charge on any atom is -0.480 e. The lowest BCUT2D eigenvalue weighted by Gasteiger charge is -2.06. The van der Waals surface area contributed by atoms with Crippen LogP contribution in [0.25, 0.3) is 0 Å². The van der Waals surface area contributed by atoms with Crippen molar-refractivity contribution >= 4 is 34.4 Å². The Bertz CT molecular complexity index is 698. The third-order valence-corrected chi connectivity index (χ3v) is 2.91. The third-order valence-electron chi connectivity index (χ3n) is 2.14. The molecule has 0 saturated carbocycles. The Morgan fingerprint density at radius 1 is 1.63 bits per heavy atom. The van der Waals surface area contributed by atoms with Crippen LogP contribution in [-0.4, -0.2) is 27.7 Å². The second-order valence-electron chi connectivity index (χ2n) is 3.43. The number of H-pyrrole nitrogens is 1. The molecule has 0 atom stereocenters. The molecule has 1 aromatic heterocycles. The number of aromatic nitrogens is 3. The van der Waals surface area contributed by atoms with E-state index in [1.165, 1.54) is 11.0 Å². The van der Waals surface area contributed by atoms with Crippen LogP contribution in [-0.2, 0) is 0 Å². The molecule has 0 radical (unpaired) electrons. The van der Waals surface area contributed by atoms with Crippen molar-refractivity contribution in [3.63, 3.8) is 0 Å². The number of aromatic amines is 1. The summed E-state index contributed by atoms with van der Waals surface area (Å²) in [7, 11) is 0. The van der Waals surface area contributed by atoms with Crippen LogP contribution in [0.2, 0.25) is 0 Å². The van der Waals surface area contributed by atoms with Crippen LogP contribution in [0.1, 0.15) is 5.56 Å². The molecule has 1 heterocycles. The normalized spacial score (nSPS) is 10.5. The molecule has 0 aliphatic heterocycles. The molecule has 0 spiro atoms. The maximum Gasteiger partial charge on any atom is 0.216 e. The van der Waals surface area contributed by atoms with Crippen molar-refractivity contribution in [2.75, 3.05) is 6.61 Å². The van der Waals surface area contributed by atoms with Gasteiger partial charge in [-0.25, -0.2) is 0 Å². The summed E-state index contributed by atoms with van der Waals surface area (Å²) in [5, 5.41) is 10.6. The van der Waals surface area contributed by atoms with E-state index in [-0.39, 0.29) is 6.61 Å². The van der Waals surface area contributed by atoms with Gasteiger partial charge in [0.05, 0.1) is 6.21 Å². The van der Waals surface area contributed by atoms with Gasteiger partial charge < -0.3 is 4.74 Å². The number of ether oxygens (including phenoxy) is 1. The molecule has 0 unspecified atom stereocenters. The highest BCUT2D eigenvalue weighted by Gasteiger charge is 2.02. The molecule has 2 aromatic rings. The molecule has 0 saturated heterocycles. The molecular formula is C12H9BrN4OS. The first kappa shape index (κ1) is 13.5. The lowest BCUT2D eigenvalue weighted by Crippen LogP contribution is -1.98. The number of nitrogens with one attached hydrogen (secondary N) is 1. The van der Waals surface area contributed by atoms with Gasteiger partial charge >= 0.3 is 0 Å². The van der Waals surface area contributed by atoms with Crippen molar-refractivity contribution in [2.45, 2.75) is 0 Å². The van der Waals surface area contributed by atoms with E-state index < -0.39 is 0 Å². The minimum atomic E-state index is 0.202. The van der Waals surface area contributed by atoms with Crippen LogP contribution >= 0.6 is 28.1 Å². The summed E-state index contributed by atoms with van der Waals surface area (Å²) in [6.07, 6.45) is 8.29. The van der Waals surface area contributed by atoms with Gasteiger partial charge in [0.15, 0.2) is 0 Å². The van der Waals surface area contributed by atoms with Gasteiger partial charge in [-0.2, -0.15) is 14.9 Å². The maximum absolute atomic E-state index is 5.43. The molecule has 1 aromatic carbocycles. The monoisotopic (exact) mass is 336 g/mol. The SMILES string of the molecule is C#CCOc1ccc(Br)cc1/C=N\n1cn[nH]c1=S. The van der Waals surface area contributed by atoms with Gasteiger partial charge in [0, 0.05) is 10.0 Å². The molecule has 19 heavy (non-hydrogen) atoms. The average molecular weight is 337 g/mol. The number of benzene rings is 1. The number of terminal acetylenes is 1. The summed E-state index contributed by atoms with van der Waals surface area (Å²) in [6.45, 7) is 0.202. The van der Waals surface area contributed by atoms with E-state index in [0.29, 0.717) is 10.5 Å². The first-order chi connectivity index (χ1) is 9.20. The van der Waals surface area contributed by atoms with Crippen molar-refractivity contribution in [1.29, 1.82) is 0 Å². The number of hydrogen-bond donors (Lipinski definition) is 1. The average Bonchev–Trinajstić information content (AvgIpc) is 2.81. The summed E-state index contributed by atoms with van der Waals surface area (Å²) >= 11 is 8.39. The maximum atomic E-state index is 5.43. The second-order valence-corrected chi connectivity index (χ2v) is 4.73. The van der Waals surface area contributed by atoms with Crippen molar-refractivity contribution < 1.29 is 4.74 Å². The van der Waals surface area contributed by atoms with Crippen LogP contribution in [0.3, 0.4) is 0 Å². The number of nitrogens with zero attached hydrogens (tertiary/aromatic N) is 3. The standard InChI is InChI=1S/C12H9BrN4OS/c1-2-5-18-11-4-3-10(13)6-9(11)7-15-17-8-14-16-12(17)19/h1,3-4,6-8H,5H2,(H,16,19)/b15-7-. The third kappa shape index (κ3) is 3.53. The molecule has 0 aliphatic carbocycles. The van der Waals surface area contributed by atoms with Crippen molar-refractivity contribution in [1.82, 2.24) is 14.9 Å². The van der Waals surface area contributed by atoms with Crippen LogP contribution in [0.4, 0.5) is 0 Å². The zero-order chi connectivity index (χ0) is 13.7. The van der Waals surface area contributed by atoms with E-state index in [0.717, 1.165) is 10.0 Å². The summed E-state index contributed by atoms with van der Waals surface area (Å²) in [5.41, 5.74) is 0.785. The fourth-order valence-electron chi connectivity index (χ4n) is 1.32. The van der Waals surface area contributed by atoms with Crippen LogP contribution < -0.4 is 4.74 Å². The molecule has 96 valence electrons. The van der Waals surface area contributed by atoms with Gasteiger partial charge in [-0.15, -0.1) is 6.42 Å². The van der Waals surface area contributed by atoms with Crippen LogP contribution in [0, 0.1) is 17.1 Å². The highest BCUT2D eigenvalue weighted by Crippen LogP contribution is 2.21. The quantitative estimate of drug-likeness (QED) is 0.530. The lowest BCUT2D eigenvalue weighted by atomic mass is 10.2. The van der Waals surface area contributed by atoms with Crippen molar-refractivity contribution in [3.8, 4) is 18.1 Å². The van der Waals surface area contributed by atoms with Gasteiger partial charge in [-0.3, -0.25) is 5.10 Å². The Balaban J connectivity index is 2.30. The Hall–Kier alpha value is -1.91. The van der Waals surface area contributed by atoms with E-state index in [1.54, 1.807) is 6.21 Å². The smallest absolute Gasteiger partial charge is 0.216 e. The van der Waals surface area contributed by atoms with Gasteiger partial charge in [-0.1, -0.05) is 21.9 Å². The van der Waals surface area contributed by atoms with E-state index in [4.69, 9.17) is 23.4 Å². The number of hydrogen-bond acceptors (Lipinski definition) is 4. The molecule has 7 heteroatoms. The van der Waals surface area contributed by atoms with E-state index in [1.807, 2.05) is 18.2 Å². The van der Waals surface area contributed by atoms with E-state index in [9.17, 15) is 0 Å². The summed E-state index contributed by atoms with van der Waals surface area (Å²) in [6, 6.07) is 5.56. The molecule has 5 nitrogen and oxygen atoms in total. The van der Waals surface area contributed by atoms with E-state index in [2.05, 4.69) is 37.1 Å². The summed E-state index contributed by atoms with van der Waals surface area (Å²) in [4.78, 5) is 0. The number of halogens is 1. The van der Waals surface area contributed by atoms with Gasteiger partial charge in [-0.05, 0) is 30.4 Å². The second kappa shape index (κ2) is 6.31.